The van der Waals surface area contributed by atoms with Crippen molar-refractivity contribution in [3.8, 4) is 0 Å². The molecule has 1 aromatic heterocycles. The van der Waals surface area contributed by atoms with Crippen molar-refractivity contribution in [2.45, 2.75) is 33.3 Å². The first-order chi connectivity index (χ1) is 10.3. The Bertz CT molecular complexity index is 556. The normalized spacial score (nSPS) is 15.6. The highest BCUT2D eigenvalue weighted by atomic mass is 16.6. The van der Waals surface area contributed by atoms with E-state index in [-0.39, 0.29) is 6.09 Å². The molecule has 0 saturated carbocycles. The summed E-state index contributed by atoms with van der Waals surface area (Å²) in [5.41, 5.74) is 1.70. The maximum absolute atomic E-state index is 12.1. The van der Waals surface area contributed by atoms with Gasteiger partial charge in [-0.3, -0.25) is 0 Å². The number of rotatable bonds is 2. The zero-order valence-electron chi connectivity index (χ0n) is 13.9. The monoisotopic (exact) mass is 303 g/mol. The Labute approximate surface area is 132 Å². The van der Waals surface area contributed by atoms with Crippen molar-refractivity contribution in [2.75, 3.05) is 31.1 Å². The summed E-state index contributed by atoms with van der Waals surface area (Å²) in [5.74, 6) is 0.981. The predicted octanol–water partition coefficient (Wildman–Crippen LogP) is 3.09. The zero-order chi connectivity index (χ0) is 16.3. The van der Waals surface area contributed by atoms with Gasteiger partial charge in [0.25, 0.3) is 0 Å². The molecule has 0 unspecified atom stereocenters. The lowest BCUT2D eigenvalue weighted by Gasteiger charge is -2.36. The molecule has 0 bridgehead atoms. The highest BCUT2D eigenvalue weighted by molar-refractivity contribution is 5.68. The number of ether oxygens (including phenoxy) is 1. The van der Waals surface area contributed by atoms with Gasteiger partial charge in [-0.1, -0.05) is 12.7 Å². The highest BCUT2D eigenvalue weighted by Gasteiger charge is 2.26. The molecular weight excluding hydrogens is 278 g/mol. The summed E-state index contributed by atoms with van der Waals surface area (Å²) < 4.78 is 5.41. The van der Waals surface area contributed by atoms with Crippen LogP contribution in [0.1, 0.15) is 31.9 Å². The van der Waals surface area contributed by atoms with E-state index in [1.807, 2.05) is 27.0 Å². The molecule has 0 spiro atoms. The van der Waals surface area contributed by atoms with Gasteiger partial charge < -0.3 is 14.5 Å². The molecule has 5 nitrogen and oxygen atoms in total. The third-order valence-corrected chi connectivity index (χ3v) is 3.54. The number of carbonyl (C=O) groups excluding carboxylic acids is 1. The molecule has 5 heteroatoms. The predicted molar refractivity (Wildman–Crippen MR) is 89.1 cm³/mol. The van der Waals surface area contributed by atoms with Crippen molar-refractivity contribution in [2.24, 2.45) is 0 Å². The first-order valence-corrected chi connectivity index (χ1v) is 7.62. The molecule has 0 aromatic carbocycles. The van der Waals surface area contributed by atoms with Crippen LogP contribution in [0.5, 0.6) is 0 Å². The van der Waals surface area contributed by atoms with Gasteiger partial charge in [0.05, 0.1) is 0 Å². The van der Waals surface area contributed by atoms with Crippen LogP contribution in [0.2, 0.25) is 0 Å². The number of carbonyl (C=O) groups is 1. The third-order valence-electron chi connectivity index (χ3n) is 3.54. The number of amides is 1. The first kappa shape index (κ1) is 16.3. The van der Waals surface area contributed by atoms with E-state index >= 15 is 0 Å². The number of anilines is 1. The van der Waals surface area contributed by atoms with Crippen LogP contribution < -0.4 is 4.90 Å². The fourth-order valence-electron chi connectivity index (χ4n) is 2.46. The van der Waals surface area contributed by atoms with E-state index in [2.05, 4.69) is 29.5 Å². The van der Waals surface area contributed by atoms with Gasteiger partial charge in [0.15, 0.2) is 0 Å². The van der Waals surface area contributed by atoms with Gasteiger partial charge in [-0.25, -0.2) is 9.78 Å². The van der Waals surface area contributed by atoms with E-state index in [0.29, 0.717) is 13.1 Å². The summed E-state index contributed by atoms with van der Waals surface area (Å²) >= 11 is 0. The summed E-state index contributed by atoms with van der Waals surface area (Å²) in [6.45, 7) is 14.3. The average molecular weight is 303 g/mol. The molecular formula is C17H25N3O2. The molecule has 2 heterocycles. The van der Waals surface area contributed by atoms with E-state index in [1.165, 1.54) is 0 Å². The second-order valence-electron chi connectivity index (χ2n) is 6.57. The molecule has 0 atom stereocenters. The Morgan fingerprint density at radius 2 is 1.95 bits per heavy atom. The van der Waals surface area contributed by atoms with Gasteiger partial charge in [0.2, 0.25) is 0 Å². The first-order valence-electron chi connectivity index (χ1n) is 7.62. The number of piperazine rings is 1. The molecule has 1 fully saturated rings. The van der Waals surface area contributed by atoms with Gasteiger partial charge in [0.1, 0.15) is 11.4 Å². The minimum atomic E-state index is -0.452. The summed E-state index contributed by atoms with van der Waals surface area (Å²) in [5, 5.41) is 0. The van der Waals surface area contributed by atoms with Crippen LogP contribution in [0, 0.1) is 6.92 Å². The van der Waals surface area contributed by atoms with Gasteiger partial charge in [0, 0.05) is 32.4 Å². The van der Waals surface area contributed by atoms with Crippen LogP contribution in [0.25, 0.3) is 6.08 Å². The molecule has 2 rings (SSSR count). The SMILES string of the molecule is C=Cc1cnc(N2CCN(C(=O)OC(C)(C)C)CC2)c(C)c1. The second-order valence-corrected chi connectivity index (χ2v) is 6.57. The van der Waals surface area contributed by atoms with Gasteiger partial charge >= 0.3 is 6.09 Å². The molecule has 0 N–H and O–H groups in total. The standard InChI is InChI=1S/C17H25N3O2/c1-6-14-11-13(2)15(18-12-14)19-7-9-20(10-8-19)16(21)22-17(3,4)5/h6,11-12H,1,7-10H2,2-5H3. The maximum atomic E-state index is 12.1. The zero-order valence-corrected chi connectivity index (χ0v) is 13.9. The Morgan fingerprint density at radius 3 is 2.45 bits per heavy atom. The van der Waals surface area contributed by atoms with E-state index in [1.54, 1.807) is 11.0 Å². The lowest BCUT2D eigenvalue weighted by Crippen LogP contribution is -2.50. The quantitative estimate of drug-likeness (QED) is 0.842. The van der Waals surface area contributed by atoms with Crippen LogP contribution in [0.3, 0.4) is 0 Å². The largest absolute Gasteiger partial charge is 0.444 e. The van der Waals surface area contributed by atoms with E-state index in [0.717, 1.165) is 30.0 Å². The van der Waals surface area contributed by atoms with E-state index in [9.17, 15) is 4.79 Å². The van der Waals surface area contributed by atoms with Crippen molar-refractivity contribution in [3.05, 3.63) is 30.0 Å². The third kappa shape index (κ3) is 4.00. The Balaban J connectivity index is 1.97. The molecule has 22 heavy (non-hydrogen) atoms. The Hall–Kier alpha value is -2.04. The second kappa shape index (κ2) is 6.38. The van der Waals surface area contributed by atoms with Gasteiger partial charge in [-0.15, -0.1) is 0 Å². The van der Waals surface area contributed by atoms with Crippen molar-refractivity contribution in [1.29, 1.82) is 0 Å². The minimum absolute atomic E-state index is 0.237. The summed E-state index contributed by atoms with van der Waals surface area (Å²) in [7, 11) is 0. The van der Waals surface area contributed by atoms with Crippen LogP contribution >= 0.6 is 0 Å². The number of pyridine rings is 1. The molecule has 1 aliphatic heterocycles. The Morgan fingerprint density at radius 1 is 1.32 bits per heavy atom. The fourth-order valence-corrected chi connectivity index (χ4v) is 2.46. The summed E-state index contributed by atoms with van der Waals surface area (Å²) in [6.07, 6.45) is 3.39. The minimum Gasteiger partial charge on any atom is -0.444 e. The van der Waals surface area contributed by atoms with Crippen LogP contribution in [0.4, 0.5) is 10.6 Å². The molecule has 1 saturated heterocycles. The Kier molecular flexibility index (Phi) is 4.74. The van der Waals surface area contributed by atoms with Crippen molar-refractivity contribution in [1.82, 2.24) is 9.88 Å². The highest BCUT2D eigenvalue weighted by Crippen LogP contribution is 2.20. The molecule has 0 aliphatic carbocycles. The molecule has 1 amide bonds. The van der Waals surface area contributed by atoms with E-state index in [4.69, 9.17) is 4.74 Å². The maximum Gasteiger partial charge on any atom is 0.410 e. The summed E-state index contributed by atoms with van der Waals surface area (Å²) in [6, 6.07) is 2.08. The number of nitrogens with zero attached hydrogens (tertiary/aromatic N) is 3. The van der Waals surface area contributed by atoms with Crippen molar-refractivity contribution >= 4 is 18.0 Å². The van der Waals surface area contributed by atoms with Crippen molar-refractivity contribution in [3.63, 3.8) is 0 Å². The molecule has 1 aromatic rings. The fraction of sp³-hybridized carbons (Fsp3) is 0.529. The van der Waals surface area contributed by atoms with E-state index < -0.39 is 5.60 Å². The number of aromatic nitrogens is 1. The summed E-state index contributed by atoms with van der Waals surface area (Å²) in [4.78, 5) is 20.6. The average Bonchev–Trinajstić information content (AvgIpc) is 2.45. The number of hydrogen-bond acceptors (Lipinski definition) is 4. The number of aryl methyl sites for hydroxylation is 1. The van der Waals surface area contributed by atoms with Gasteiger partial charge in [-0.2, -0.15) is 0 Å². The topological polar surface area (TPSA) is 45.7 Å². The van der Waals surface area contributed by atoms with Gasteiger partial charge in [-0.05, 0) is 44.9 Å². The molecule has 1 aliphatic rings. The number of hydrogen-bond donors (Lipinski definition) is 0. The lowest BCUT2D eigenvalue weighted by molar-refractivity contribution is 0.0240. The van der Waals surface area contributed by atoms with Crippen molar-refractivity contribution < 1.29 is 9.53 Å². The lowest BCUT2D eigenvalue weighted by atomic mass is 10.2. The van der Waals surface area contributed by atoms with Crippen LogP contribution in [0.15, 0.2) is 18.8 Å². The smallest absolute Gasteiger partial charge is 0.410 e. The van der Waals surface area contributed by atoms with Crippen LogP contribution in [-0.4, -0.2) is 47.8 Å². The molecule has 0 radical (unpaired) electrons. The van der Waals surface area contributed by atoms with Crippen LogP contribution in [-0.2, 0) is 4.74 Å². The molecule has 120 valence electrons.